The number of carboxylic acids is 1. The van der Waals surface area contributed by atoms with Gasteiger partial charge in [0.25, 0.3) is 0 Å². The molecular formula is C16H25NO2S. The second-order valence-electron chi connectivity index (χ2n) is 4.99. The van der Waals surface area contributed by atoms with Crippen LogP contribution in [0.25, 0.3) is 0 Å². The number of unbranched alkanes of at least 4 members (excludes halogenated alkanes) is 7. The van der Waals surface area contributed by atoms with E-state index in [-0.39, 0.29) is 0 Å². The smallest absolute Gasteiger partial charge is 0.303 e. The molecule has 112 valence electrons. The van der Waals surface area contributed by atoms with E-state index < -0.39 is 5.97 Å². The molecule has 1 heterocycles. The molecule has 1 aromatic heterocycles. The van der Waals surface area contributed by atoms with Crippen LogP contribution in [0.5, 0.6) is 0 Å². The van der Waals surface area contributed by atoms with Crippen LogP contribution in [0.15, 0.2) is 29.4 Å². The second-order valence-corrected chi connectivity index (χ2v) is 6.10. The third-order valence-electron chi connectivity index (χ3n) is 3.17. The standard InChI is InChI=1S/C16H25NO2S/c18-16(19)12-7-5-3-1-2-4-6-10-14-20-15-11-8-9-13-17-15/h8-9,11,13H,1-7,10,12,14H2,(H,18,19). The summed E-state index contributed by atoms with van der Waals surface area (Å²) in [5.41, 5.74) is 0. The number of hydrogen-bond acceptors (Lipinski definition) is 3. The maximum atomic E-state index is 10.3. The van der Waals surface area contributed by atoms with Crippen molar-refractivity contribution >= 4 is 17.7 Å². The van der Waals surface area contributed by atoms with Crippen molar-refractivity contribution in [3.63, 3.8) is 0 Å². The van der Waals surface area contributed by atoms with Gasteiger partial charge < -0.3 is 5.11 Å². The SMILES string of the molecule is O=C(O)CCCCCCCCCCSc1ccccn1. The van der Waals surface area contributed by atoms with Gasteiger partial charge in [-0.3, -0.25) is 4.79 Å². The molecule has 0 aliphatic heterocycles. The molecule has 20 heavy (non-hydrogen) atoms. The Hall–Kier alpha value is -1.03. The Morgan fingerprint density at radius 3 is 2.25 bits per heavy atom. The molecule has 0 unspecified atom stereocenters. The third-order valence-corrected chi connectivity index (χ3v) is 4.20. The van der Waals surface area contributed by atoms with Gasteiger partial charge in [-0.2, -0.15) is 0 Å². The van der Waals surface area contributed by atoms with Gasteiger partial charge in [0.15, 0.2) is 0 Å². The average Bonchev–Trinajstić information content (AvgIpc) is 2.45. The van der Waals surface area contributed by atoms with E-state index >= 15 is 0 Å². The minimum Gasteiger partial charge on any atom is -0.481 e. The summed E-state index contributed by atoms with van der Waals surface area (Å²) >= 11 is 1.83. The van der Waals surface area contributed by atoms with Crippen LogP contribution in [0.4, 0.5) is 0 Å². The van der Waals surface area contributed by atoms with Gasteiger partial charge in [-0.1, -0.05) is 44.6 Å². The molecule has 3 nitrogen and oxygen atoms in total. The third kappa shape index (κ3) is 9.84. The van der Waals surface area contributed by atoms with Crippen LogP contribution in [0.2, 0.25) is 0 Å². The molecule has 0 amide bonds. The predicted molar refractivity (Wildman–Crippen MR) is 84.1 cm³/mol. The first-order chi connectivity index (χ1) is 9.79. The van der Waals surface area contributed by atoms with Crippen LogP contribution in [-0.2, 0) is 4.79 Å². The topological polar surface area (TPSA) is 50.2 Å². The maximum absolute atomic E-state index is 10.3. The first-order valence-corrected chi connectivity index (χ1v) is 8.53. The molecule has 0 bridgehead atoms. The number of pyridine rings is 1. The minimum absolute atomic E-state index is 0.324. The Morgan fingerprint density at radius 2 is 1.65 bits per heavy atom. The highest BCUT2D eigenvalue weighted by Gasteiger charge is 1.97. The molecule has 0 atom stereocenters. The Labute approximate surface area is 126 Å². The zero-order valence-electron chi connectivity index (χ0n) is 12.1. The fraction of sp³-hybridized carbons (Fsp3) is 0.625. The Morgan fingerprint density at radius 1 is 1.00 bits per heavy atom. The molecule has 1 rings (SSSR count). The summed E-state index contributed by atoms with van der Waals surface area (Å²) in [6, 6.07) is 6.03. The van der Waals surface area contributed by atoms with Crippen LogP contribution >= 0.6 is 11.8 Å². The number of nitrogens with zero attached hydrogens (tertiary/aromatic N) is 1. The molecule has 0 spiro atoms. The molecule has 0 fully saturated rings. The second kappa shape index (κ2) is 11.8. The Bertz CT molecular complexity index is 357. The summed E-state index contributed by atoms with van der Waals surface area (Å²) in [5, 5.41) is 9.63. The van der Waals surface area contributed by atoms with Crippen molar-refractivity contribution in [1.82, 2.24) is 4.98 Å². The quantitative estimate of drug-likeness (QED) is 0.446. The van der Waals surface area contributed by atoms with Gasteiger partial charge in [0, 0.05) is 12.6 Å². The molecule has 0 saturated carbocycles. The van der Waals surface area contributed by atoms with Crippen LogP contribution in [0.1, 0.15) is 57.8 Å². The minimum atomic E-state index is -0.671. The lowest BCUT2D eigenvalue weighted by atomic mass is 10.1. The van der Waals surface area contributed by atoms with Crippen LogP contribution in [-0.4, -0.2) is 21.8 Å². The van der Waals surface area contributed by atoms with Gasteiger partial charge >= 0.3 is 5.97 Å². The van der Waals surface area contributed by atoms with E-state index in [9.17, 15) is 4.79 Å². The average molecular weight is 295 g/mol. The van der Waals surface area contributed by atoms with E-state index in [1.807, 2.05) is 30.1 Å². The first kappa shape index (κ1) is 17.0. The van der Waals surface area contributed by atoms with Gasteiger partial charge in [-0.15, -0.1) is 11.8 Å². The predicted octanol–water partition coefficient (Wildman–Crippen LogP) is 4.77. The summed E-state index contributed by atoms with van der Waals surface area (Å²) in [6.45, 7) is 0. The highest BCUT2D eigenvalue weighted by Crippen LogP contribution is 2.17. The number of carbonyl (C=O) groups is 1. The van der Waals surface area contributed by atoms with Crippen LogP contribution in [0, 0.1) is 0 Å². The van der Waals surface area contributed by atoms with Gasteiger partial charge in [-0.25, -0.2) is 4.98 Å². The Balaban J connectivity index is 1.80. The molecule has 0 radical (unpaired) electrons. The highest BCUT2D eigenvalue weighted by molar-refractivity contribution is 7.99. The van der Waals surface area contributed by atoms with E-state index in [0.29, 0.717) is 6.42 Å². The number of aromatic nitrogens is 1. The lowest BCUT2D eigenvalue weighted by molar-refractivity contribution is -0.137. The van der Waals surface area contributed by atoms with Crippen molar-refractivity contribution in [2.24, 2.45) is 0 Å². The van der Waals surface area contributed by atoms with Gasteiger partial charge in [0.05, 0.1) is 5.03 Å². The summed E-state index contributed by atoms with van der Waals surface area (Å²) in [5.74, 6) is 0.478. The van der Waals surface area contributed by atoms with Crippen LogP contribution in [0.3, 0.4) is 0 Å². The maximum Gasteiger partial charge on any atom is 0.303 e. The van der Waals surface area contributed by atoms with Gasteiger partial charge in [0.1, 0.15) is 0 Å². The monoisotopic (exact) mass is 295 g/mol. The summed E-state index contributed by atoms with van der Waals surface area (Å²) in [4.78, 5) is 14.6. The highest BCUT2D eigenvalue weighted by atomic mass is 32.2. The van der Waals surface area contributed by atoms with Crippen molar-refractivity contribution in [3.05, 3.63) is 24.4 Å². The fourth-order valence-corrected chi connectivity index (χ4v) is 2.92. The first-order valence-electron chi connectivity index (χ1n) is 7.54. The molecule has 0 aliphatic rings. The van der Waals surface area contributed by atoms with Gasteiger partial charge in [0.2, 0.25) is 0 Å². The van der Waals surface area contributed by atoms with Crippen molar-refractivity contribution in [2.75, 3.05) is 5.75 Å². The number of hydrogen-bond donors (Lipinski definition) is 1. The molecule has 4 heteroatoms. The summed E-state index contributed by atoms with van der Waals surface area (Å²) in [7, 11) is 0. The van der Waals surface area contributed by atoms with Crippen molar-refractivity contribution < 1.29 is 9.90 Å². The largest absolute Gasteiger partial charge is 0.481 e. The zero-order valence-corrected chi connectivity index (χ0v) is 12.9. The van der Waals surface area contributed by atoms with Gasteiger partial charge in [-0.05, 0) is 30.7 Å². The molecule has 0 saturated heterocycles. The molecule has 1 aromatic rings. The number of thioether (sulfide) groups is 1. The van der Waals surface area contributed by atoms with E-state index in [1.54, 1.807) is 0 Å². The fourth-order valence-electron chi connectivity index (χ4n) is 2.05. The lowest BCUT2D eigenvalue weighted by Gasteiger charge is -2.02. The number of rotatable bonds is 12. The molecule has 0 aliphatic carbocycles. The van der Waals surface area contributed by atoms with E-state index in [0.717, 1.165) is 23.6 Å². The molecule has 1 N–H and O–H groups in total. The van der Waals surface area contributed by atoms with E-state index in [4.69, 9.17) is 5.11 Å². The molecular weight excluding hydrogens is 270 g/mol. The lowest BCUT2D eigenvalue weighted by Crippen LogP contribution is -1.93. The van der Waals surface area contributed by atoms with Crippen molar-refractivity contribution in [1.29, 1.82) is 0 Å². The summed E-state index contributed by atoms with van der Waals surface area (Å²) < 4.78 is 0. The van der Waals surface area contributed by atoms with E-state index in [1.165, 1.54) is 38.5 Å². The normalized spacial score (nSPS) is 10.6. The number of aliphatic carboxylic acids is 1. The van der Waals surface area contributed by atoms with E-state index in [2.05, 4.69) is 11.1 Å². The zero-order chi connectivity index (χ0) is 14.5. The van der Waals surface area contributed by atoms with Crippen molar-refractivity contribution in [3.8, 4) is 0 Å². The summed E-state index contributed by atoms with van der Waals surface area (Å²) in [6.07, 6.45) is 11.6. The molecule has 0 aromatic carbocycles. The van der Waals surface area contributed by atoms with Crippen molar-refractivity contribution in [2.45, 2.75) is 62.8 Å². The number of carboxylic acid groups (broad SMARTS) is 1. The van der Waals surface area contributed by atoms with Crippen LogP contribution < -0.4 is 0 Å². The Kier molecular flexibility index (Phi) is 10.0.